The zero-order valence-electron chi connectivity index (χ0n) is 12.2. The second-order valence-corrected chi connectivity index (χ2v) is 5.85. The van der Waals surface area contributed by atoms with Crippen molar-refractivity contribution in [2.75, 3.05) is 13.3 Å². The Kier molecular flexibility index (Phi) is 3.08. The highest BCUT2D eigenvalue weighted by Gasteiger charge is 2.24. The van der Waals surface area contributed by atoms with Crippen molar-refractivity contribution >= 4 is 0 Å². The van der Waals surface area contributed by atoms with Gasteiger partial charge in [-0.05, 0) is 55.1 Å². The molecule has 108 valence electrons. The number of hydrogen-bond donors (Lipinski definition) is 1. The van der Waals surface area contributed by atoms with E-state index in [4.69, 9.17) is 9.47 Å². The summed E-state index contributed by atoms with van der Waals surface area (Å²) in [5.74, 6) is 1.77. The second-order valence-electron chi connectivity index (χ2n) is 5.85. The van der Waals surface area contributed by atoms with Crippen LogP contribution in [0.15, 0.2) is 36.4 Å². The molecular weight excluding hydrogens is 262 g/mol. The molecule has 2 aliphatic rings. The Balaban J connectivity index is 1.67. The number of fused-ring (bicyclic) bond motifs is 2. The van der Waals surface area contributed by atoms with Gasteiger partial charge in [0.1, 0.15) is 0 Å². The van der Waals surface area contributed by atoms with Crippen LogP contribution >= 0.6 is 0 Å². The minimum Gasteiger partial charge on any atom is -0.454 e. The van der Waals surface area contributed by atoms with Crippen LogP contribution in [0.4, 0.5) is 0 Å². The van der Waals surface area contributed by atoms with Crippen molar-refractivity contribution in [1.82, 2.24) is 5.32 Å². The van der Waals surface area contributed by atoms with Crippen molar-refractivity contribution in [3.63, 3.8) is 0 Å². The number of ether oxygens (including phenoxy) is 2. The minimum atomic E-state index is 0.341. The molecule has 3 nitrogen and oxygen atoms in total. The first-order chi connectivity index (χ1) is 10.3. The Labute approximate surface area is 124 Å². The Morgan fingerprint density at radius 3 is 2.86 bits per heavy atom. The van der Waals surface area contributed by atoms with Crippen LogP contribution in [0.3, 0.4) is 0 Å². The smallest absolute Gasteiger partial charge is 0.231 e. The summed E-state index contributed by atoms with van der Waals surface area (Å²) in [5.41, 5.74) is 5.43. The van der Waals surface area contributed by atoms with Crippen LogP contribution < -0.4 is 14.8 Å². The summed E-state index contributed by atoms with van der Waals surface area (Å²) in [5, 5.41) is 3.64. The number of rotatable bonds is 2. The van der Waals surface area contributed by atoms with Crippen LogP contribution in [0.5, 0.6) is 11.5 Å². The molecule has 2 aliphatic heterocycles. The molecule has 0 aliphatic carbocycles. The Bertz CT molecular complexity index is 681. The van der Waals surface area contributed by atoms with Crippen LogP contribution in [-0.4, -0.2) is 13.3 Å². The molecule has 0 amide bonds. The largest absolute Gasteiger partial charge is 0.454 e. The van der Waals surface area contributed by atoms with Crippen molar-refractivity contribution in [2.24, 2.45) is 0 Å². The Morgan fingerprint density at radius 1 is 1.14 bits per heavy atom. The van der Waals surface area contributed by atoms with Gasteiger partial charge in [-0.1, -0.05) is 29.8 Å². The van der Waals surface area contributed by atoms with Crippen molar-refractivity contribution in [2.45, 2.75) is 25.8 Å². The summed E-state index contributed by atoms with van der Waals surface area (Å²) < 4.78 is 11.0. The highest BCUT2D eigenvalue weighted by atomic mass is 16.7. The maximum Gasteiger partial charge on any atom is 0.231 e. The van der Waals surface area contributed by atoms with Gasteiger partial charge in [0, 0.05) is 6.04 Å². The monoisotopic (exact) mass is 281 g/mol. The molecule has 0 radical (unpaired) electrons. The Morgan fingerprint density at radius 2 is 2.00 bits per heavy atom. The van der Waals surface area contributed by atoms with Gasteiger partial charge in [-0.3, -0.25) is 0 Å². The van der Waals surface area contributed by atoms with Crippen molar-refractivity contribution < 1.29 is 9.47 Å². The summed E-state index contributed by atoms with van der Waals surface area (Å²) >= 11 is 0. The molecule has 2 heterocycles. The van der Waals surface area contributed by atoms with Gasteiger partial charge in [-0.25, -0.2) is 0 Å². The van der Waals surface area contributed by atoms with Gasteiger partial charge in [-0.15, -0.1) is 0 Å². The van der Waals surface area contributed by atoms with Crippen molar-refractivity contribution in [1.29, 1.82) is 0 Å². The molecule has 21 heavy (non-hydrogen) atoms. The number of aryl methyl sites for hydroxylation is 1. The van der Waals surface area contributed by atoms with Gasteiger partial charge < -0.3 is 14.8 Å². The van der Waals surface area contributed by atoms with E-state index < -0.39 is 0 Å². The molecule has 0 saturated heterocycles. The van der Waals surface area contributed by atoms with Gasteiger partial charge >= 0.3 is 0 Å². The molecule has 2 aromatic carbocycles. The second kappa shape index (κ2) is 5.08. The summed E-state index contributed by atoms with van der Waals surface area (Å²) in [6, 6.07) is 13.4. The van der Waals surface area contributed by atoms with Crippen LogP contribution in [0.2, 0.25) is 0 Å². The van der Waals surface area contributed by atoms with Crippen LogP contribution in [0.1, 0.15) is 28.3 Å². The third-order valence-electron chi connectivity index (χ3n) is 4.32. The number of benzene rings is 2. The van der Waals surface area contributed by atoms with Gasteiger partial charge in [0.15, 0.2) is 11.5 Å². The van der Waals surface area contributed by atoms with E-state index in [0.717, 1.165) is 30.9 Å². The molecule has 1 atom stereocenters. The van der Waals surface area contributed by atoms with E-state index in [1.165, 1.54) is 22.3 Å². The van der Waals surface area contributed by atoms with E-state index in [1.54, 1.807) is 0 Å². The minimum absolute atomic E-state index is 0.341. The van der Waals surface area contributed by atoms with E-state index in [2.05, 4.69) is 48.6 Å². The first kappa shape index (κ1) is 12.7. The van der Waals surface area contributed by atoms with E-state index in [1.807, 2.05) is 0 Å². The van der Waals surface area contributed by atoms with Crippen LogP contribution in [-0.2, 0) is 12.8 Å². The van der Waals surface area contributed by atoms with Crippen molar-refractivity contribution in [3.05, 3.63) is 58.7 Å². The van der Waals surface area contributed by atoms with Crippen molar-refractivity contribution in [3.8, 4) is 11.5 Å². The molecule has 3 heteroatoms. The molecule has 2 aromatic rings. The average molecular weight is 281 g/mol. The van der Waals surface area contributed by atoms with E-state index in [0.29, 0.717) is 12.8 Å². The summed E-state index contributed by atoms with van der Waals surface area (Å²) in [6.07, 6.45) is 2.06. The molecule has 0 aromatic heterocycles. The molecule has 0 saturated carbocycles. The van der Waals surface area contributed by atoms with Gasteiger partial charge in [-0.2, -0.15) is 0 Å². The maximum atomic E-state index is 5.53. The number of nitrogens with one attached hydrogen (secondary N) is 1. The summed E-state index contributed by atoms with van der Waals surface area (Å²) in [4.78, 5) is 0. The molecular formula is C18H19NO2. The van der Waals surface area contributed by atoms with Gasteiger partial charge in [0.25, 0.3) is 0 Å². The fourth-order valence-electron chi connectivity index (χ4n) is 3.29. The summed E-state index contributed by atoms with van der Waals surface area (Å²) in [6.45, 7) is 3.50. The molecule has 1 unspecified atom stereocenters. The molecule has 0 fully saturated rings. The van der Waals surface area contributed by atoms with Crippen LogP contribution in [0.25, 0.3) is 0 Å². The normalized spacial score (nSPS) is 19.4. The maximum absolute atomic E-state index is 5.53. The topological polar surface area (TPSA) is 30.5 Å². The average Bonchev–Trinajstić information content (AvgIpc) is 2.93. The lowest BCUT2D eigenvalue weighted by Gasteiger charge is -2.27. The highest BCUT2D eigenvalue weighted by Crippen LogP contribution is 2.38. The first-order valence-electron chi connectivity index (χ1n) is 7.51. The SMILES string of the molecule is Cc1cccc(CC2NCCc3cc4c(cc32)OCO4)c1. The van der Waals surface area contributed by atoms with Gasteiger partial charge in [0.2, 0.25) is 6.79 Å². The standard InChI is InChI=1S/C18H19NO2/c1-12-3-2-4-13(7-12)8-16-15-10-18-17(20-11-21-18)9-14(15)5-6-19-16/h2-4,7,9-10,16,19H,5-6,8,11H2,1H3. The number of hydrogen-bond acceptors (Lipinski definition) is 3. The van der Waals surface area contributed by atoms with Crippen LogP contribution in [0, 0.1) is 6.92 Å². The molecule has 4 rings (SSSR count). The quantitative estimate of drug-likeness (QED) is 0.917. The Hall–Kier alpha value is -2.00. The molecule has 0 bridgehead atoms. The van der Waals surface area contributed by atoms with E-state index in [9.17, 15) is 0 Å². The zero-order valence-corrected chi connectivity index (χ0v) is 12.2. The lowest BCUT2D eigenvalue weighted by Crippen LogP contribution is -2.31. The fourth-order valence-corrected chi connectivity index (χ4v) is 3.29. The third kappa shape index (κ3) is 2.38. The molecule has 0 spiro atoms. The predicted octanol–water partition coefficient (Wildman–Crippen LogP) is 3.15. The highest BCUT2D eigenvalue weighted by molar-refractivity contribution is 5.50. The van der Waals surface area contributed by atoms with E-state index >= 15 is 0 Å². The fraction of sp³-hybridized carbons (Fsp3) is 0.333. The lowest BCUT2D eigenvalue weighted by atomic mass is 9.89. The molecule has 1 N–H and O–H groups in total. The van der Waals surface area contributed by atoms with E-state index in [-0.39, 0.29) is 0 Å². The van der Waals surface area contributed by atoms with Gasteiger partial charge in [0.05, 0.1) is 0 Å². The third-order valence-corrected chi connectivity index (χ3v) is 4.32. The lowest BCUT2D eigenvalue weighted by molar-refractivity contribution is 0.174. The summed E-state index contributed by atoms with van der Waals surface area (Å²) in [7, 11) is 0. The first-order valence-corrected chi connectivity index (χ1v) is 7.51. The predicted molar refractivity (Wildman–Crippen MR) is 81.9 cm³/mol. The zero-order chi connectivity index (χ0) is 14.2.